The van der Waals surface area contributed by atoms with Crippen LogP contribution < -0.4 is 0 Å². The molecule has 0 aromatic carbocycles. The first-order valence-corrected chi connectivity index (χ1v) is 6.02. The molecule has 4 nitrogen and oxygen atoms in total. The summed E-state index contributed by atoms with van der Waals surface area (Å²) in [4.78, 5) is 25.0. The van der Waals surface area contributed by atoms with E-state index in [1.54, 1.807) is 4.90 Å². The van der Waals surface area contributed by atoms with E-state index >= 15 is 0 Å². The molecule has 1 saturated heterocycles. The molecule has 1 aliphatic rings. The van der Waals surface area contributed by atoms with Crippen LogP contribution in [0, 0.1) is 5.92 Å². The summed E-state index contributed by atoms with van der Waals surface area (Å²) in [5.74, 6) is 0.149. The van der Waals surface area contributed by atoms with Crippen molar-refractivity contribution in [2.24, 2.45) is 5.92 Å². The van der Waals surface area contributed by atoms with Crippen LogP contribution in [0.3, 0.4) is 0 Å². The molecule has 0 aromatic rings. The molecule has 1 fully saturated rings. The van der Waals surface area contributed by atoms with E-state index in [2.05, 4.69) is 0 Å². The molecule has 0 spiro atoms. The molecule has 1 rings (SSSR count). The highest BCUT2D eigenvalue weighted by molar-refractivity contribution is 5.85. The fourth-order valence-corrected chi connectivity index (χ4v) is 1.86. The summed E-state index contributed by atoms with van der Waals surface area (Å²) < 4.78 is 5.18. The topological polar surface area (TPSA) is 46.6 Å². The number of amides is 1. The summed E-state index contributed by atoms with van der Waals surface area (Å²) in [6.45, 7) is 7.02. The van der Waals surface area contributed by atoms with Gasteiger partial charge in [0.15, 0.2) is 0 Å². The van der Waals surface area contributed by atoms with Crippen molar-refractivity contribution in [3.05, 3.63) is 0 Å². The van der Waals surface area contributed by atoms with Crippen LogP contribution in [-0.4, -0.2) is 36.0 Å². The maximum atomic E-state index is 11.8. The first-order valence-electron chi connectivity index (χ1n) is 6.02. The molecule has 1 aliphatic heterocycles. The monoisotopic (exact) mass is 227 g/mol. The van der Waals surface area contributed by atoms with Gasteiger partial charge in [0.25, 0.3) is 0 Å². The van der Waals surface area contributed by atoms with E-state index < -0.39 is 0 Å². The zero-order valence-electron chi connectivity index (χ0n) is 10.4. The van der Waals surface area contributed by atoms with Crippen LogP contribution in [-0.2, 0) is 14.3 Å². The maximum Gasteiger partial charge on any atom is 0.328 e. The Balaban J connectivity index is 2.52. The van der Waals surface area contributed by atoms with Gasteiger partial charge < -0.3 is 9.64 Å². The third-order valence-electron chi connectivity index (χ3n) is 2.70. The van der Waals surface area contributed by atoms with Gasteiger partial charge in [0.2, 0.25) is 5.91 Å². The molecule has 0 radical (unpaired) electrons. The molecule has 0 aromatic heterocycles. The molecular formula is C12H21NO3. The molecule has 1 heterocycles. The van der Waals surface area contributed by atoms with Crippen molar-refractivity contribution in [3.63, 3.8) is 0 Å². The largest absolute Gasteiger partial charge is 0.464 e. The van der Waals surface area contributed by atoms with Gasteiger partial charge in [-0.3, -0.25) is 4.79 Å². The molecule has 4 heteroatoms. The third-order valence-corrected chi connectivity index (χ3v) is 2.70. The average Bonchev–Trinajstić information content (AvgIpc) is 2.63. The summed E-state index contributed by atoms with van der Waals surface area (Å²) >= 11 is 0. The van der Waals surface area contributed by atoms with Crippen LogP contribution in [0.5, 0.6) is 0 Å². The van der Waals surface area contributed by atoms with Gasteiger partial charge in [0.1, 0.15) is 6.04 Å². The Kier molecular flexibility index (Phi) is 4.77. The zero-order valence-corrected chi connectivity index (χ0v) is 10.4. The van der Waals surface area contributed by atoms with Crippen molar-refractivity contribution in [1.82, 2.24) is 4.90 Å². The minimum Gasteiger partial charge on any atom is -0.464 e. The normalized spacial score (nSPS) is 18.0. The number of ether oxygens (including phenoxy) is 1. The molecule has 0 saturated carbocycles. The van der Waals surface area contributed by atoms with Crippen molar-refractivity contribution in [2.75, 3.05) is 13.2 Å². The molecular weight excluding hydrogens is 206 g/mol. The van der Waals surface area contributed by atoms with E-state index in [0.29, 0.717) is 31.9 Å². The Morgan fingerprint density at radius 2 is 2.19 bits per heavy atom. The van der Waals surface area contributed by atoms with E-state index in [9.17, 15) is 9.59 Å². The molecule has 0 unspecified atom stereocenters. The van der Waals surface area contributed by atoms with Gasteiger partial charge in [-0.05, 0) is 18.8 Å². The minimum absolute atomic E-state index is 0.0772. The number of esters is 1. The van der Waals surface area contributed by atoms with Gasteiger partial charge in [0, 0.05) is 13.0 Å². The maximum absolute atomic E-state index is 11.8. The van der Waals surface area contributed by atoms with E-state index in [1.165, 1.54) is 0 Å². The first kappa shape index (κ1) is 13.0. The summed E-state index contributed by atoms with van der Waals surface area (Å²) in [7, 11) is 0. The number of nitrogens with zero attached hydrogens (tertiary/aromatic N) is 1. The Bertz CT molecular complexity index is 263. The van der Waals surface area contributed by atoms with Gasteiger partial charge in [0.05, 0.1) is 6.61 Å². The van der Waals surface area contributed by atoms with Gasteiger partial charge in [-0.1, -0.05) is 20.8 Å². The molecule has 16 heavy (non-hydrogen) atoms. The van der Waals surface area contributed by atoms with E-state index in [0.717, 1.165) is 6.42 Å². The van der Waals surface area contributed by atoms with Crippen LogP contribution in [0.15, 0.2) is 0 Å². The Morgan fingerprint density at radius 1 is 1.50 bits per heavy atom. The minimum atomic E-state index is -0.381. The van der Waals surface area contributed by atoms with Crippen molar-refractivity contribution >= 4 is 11.9 Å². The second kappa shape index (κ2) is 5.87. The summed E-state index contributed by atoms with van der Waals surface area (Å²) in [6, 6.07) is -0.381. The van der Waals surface area contributed by atoms with Crippen LogP contribution >= 0.6 is 0 Å². The number of carbonyl (C=O) groups is 2. The fourth-order valence-electron chi connectivity index (χ4n) is 1.86. The standard InChI is InChI=1S/C12H21NO3/c1-4-10(12(15)16-8-9(2)3)13-7-5-6-11(13)14/h9-10H,4-8H2,1-3H3/t10-/m0/s1. The predicted molar refractivity (Wildman–Crippen MR) is 60.8 cm³/mol. The van der Waals surface area contributed by atoms with Crippen LogP contribution in [0.4, 0.5) is 0 Å². The van der Waals surface area contributed by atoms with Crippen LogP contribution in [0.2, 0.25) is 0 Å². The highest BCUT2D eigenvalue weighted by Crippen LogP contribution is 2.17. The molecule has 1 amide bonds. The molecule has 92 valence electrons. The number of hydrogen-bond acceptors (Lipinski definition) is 3. The number of rotatable bonds is 5. The quantitative estimate of drug-likeness (QED) is 0.670. The van der Waals surface area contributed by atoms with E-state index in [-0.39, 0.29) is 17.9 Å². The molecule has 0 N–H and O–H groups in total. The van der Waals surface area contributed by atoms with Crippen molar-refractivity contribution in [3.8, 4) is 0 Å². The summed E-state index contributed by atoms with van der Waals surface area (Å²) in [5.41, 5.74) is 0. The second-order valence-corrected chi connectivity index (χ2v) is 4.64. The zero-order chi connectivity index (χ0) is 12.1. The highest BCUT2D eigenvalue weighted by atomic mass is 16.5. The van der Waals surface area contributed by atoms with Crippen molar-refractivity contribution < 1.29 is 14.3 Å². The van der Waals surface area contributed by atoms with Crippen molar-refractivity contribution in [1.29, 1.82) is 0 Å². The molecule has 0 aliphatic carbocycles. The van der Waals surface area contributed by atoms with E-state index in [1.807, 2.05) is 20.8 Å². The lowest BCUT2D eigenvalue weighted by atomic mass is 10.2. The van der Waals surface area contributed by atoms with Gasteiger partial charge in [-0.15, -0.1) is 0 Å². The van der Waals surface area contributed by atoms with Crippen molar-refractivity contribution in [2.45, 2.75) is 46.1 Å². The lowest BCUT2D eigenvalue weighted by Crippen LogP contribution is -2.42. The molecule has 1 atom stereocenters. The lowest BCUT2D eigenvalue weighted by molar-refractivity contribution is -0.154. The number of likely N-dealkylation sites (tertiary alicyclic amines) is 1. The predicted octanol–water partition coefficient (Wildman–Crippen LogP) is 1.59. The summed E-state index contributed by atoms with van der Waals surface area (Å²) in [6.07, 6.45) is 2.05. The number of carbonyl (C=O) groups excluding carboxylic acids is 2. The Hall–Kier alpha value is -1.06. The first-order chi connectivity index (χ1) is 7.56. The summed E-state index contributed by atoms with van der Waals surface area (Å²) in [5, 5.41) is 0. The third kappa shape index (κ3) is 3.22. The fraction of sp³-hybridized carbons (Fsp3) is 0.833. The Morgan fingerprint density at radius 3 is 2.62 bits per heavy atom. The SMILES string of the molecule is CC[C@@H](C(=O)OCC(C)C)N1CCCC1=O. The van der Waals surface area contributed by atoms with Crippen LogP contribution in [0.1, 0.15) is 40.0 Å². The van der Waals surface area contributed by atoms with Crippen LogP contribution in [0.25, 0.3) is 0 Å². The van der Waals surface area contributed by atoms with E-state index in [4.69, 9.17) is 4.74 Å². The van der Waals surface area contributed by atoms with Gasteiger partial charge >= 0.3 is 5.97 Å². The average molecular weight is 227 g/mol. The van der Waals surface area contributed by atoms with Gasteiger partial charge in [-0.25, -0.2) is 4.79 Å². The van der Waals surface area contributed by atoms with Gasteiger partial charge in [-0.2, -0.15) is 0 Å². The highest BCUT2D eigenvalue weighted by Gasteiger charge is 2.32. The molecule has 0 bridgehead atoms. The smallest absolute Gasteiger partial charge is 0.328 e. The second-order valence-electron chi connectivity index (χ2n) is 4.64. The Labute approximate surface area is 96.9 Å². The lowest BCUT2D eigenvalue weighted by Gasteiger charge is -2.25. The number of hydrogen-bond donors (Lipinski definition) is 0.